The molecule has 7 heteroatoms. The van der Waals surface area contributed by atoms with Crippen LogP contribution < -0.4 is 10.1 Å². The average molecular weight is 350 g/mol. The fourth-order valence-corrected chi connectivity index (χ4v) is 2.73. The quantitative estimate of drug-likeness (QED) is 0.598. The van der Waals surface area contributed by atoms with Crippen LogP contribution in [0.5, 0.6) is 5.88 Å². The highest BCUT2D eigenvalue weighted by Crippen LogP contribution is 2.28. The van der Waals surface area contributed by atoms with Crippen molar-refractivity contribution in [1.82, 2.24) is 19.9 Å². The van der Waals surface area contributed by atoms with Crippen molar-refractivity contribution in [2.24, 2.45) is 0 Å². The van der Waals surface area contributed by atoms with Crippen LogP contribution in [0.1, 0.15) is 13.8 Å². The molecule has 7 nitrogen and oxygen atoms in total. The molecule has 1 amide bonds. The number of ether oxygens (including phenoxy) is 1. The molecule has 3 aromatic heterocycles. The van der Waals surface area contributed by atoms with Crippen LogP contribution in [0.3, 0.4) is 0 Å². The molecule has 0 spiro atoms. The van der Waals surface area contributed by atoms with Crippen molar-refractivity contribution >= 4 is 22.5 Å². The second-order valence-electron chi connectivity index (χ2n) is 6.10. The minimum atomic E-state index is -0.206. The number of benzene rings is 1. The Kier molecular flexibility index (Phi) is 4.04. The van der Waals surface area contributed by atoms with Gasteiger partial charge in [-0.05, 0) is 25.1 Å². The Morgan fingerprint density at radius 1 is 1.31 bits per heavy atom. The van der Waals surface area contributed by atoms with E-state index in [9.17, 15) is 4.79 Å². The summed E-state index contributed by atoms with van der Waals surface area (Å²) in [7, 11) is 0. The van der Waals surface area contributed by atoms with Crippen LogP contribution in [0.25, 0.3) is 28.1 Å². The lowest BCUT2D eigenvalue weighted by atomic mass is 10.2. The zero-order valence-corrected chi connectivity index (χ0v) is 14.5. The summed E-state index contributed by atoms with van der Waals surface area (Å²) in [5.74, 6) is 1.05. The van der Waals surface area contributed by atoms with E-state index in [-0.39, 0.29) is 12.0 Å². The molecule has 0 saturated carbocycles. The number of para-hydroxylation sites is 1. The number of nitrogens with zero attached hydrogens (tertiary/aromatic N) is 3. The molecular formula is C19H18N4O3. The van der Waals surface area contributed by atoms with Gasteiger partial charge in [0.1, 0.15) is 17.4 Å². The van der Waals surface area contributed by atoms with Crippen molar-refractivity contribution in [2.45, 2.75) is 20.0 Å². The zero-order valence-electron chi connectivity index (χ0n) is 14.5. The molecule has 0 aliphatic heterocycles. The summed E-state index contributed by atoms with van der Waals surface area (Å²) in [6.07, 6.45) is 1.52. The normalized spacial score (nSPS) is 12.4. The van der Waals surface area contributed by atoms with E-state index in [4.69, 9.17) is 9.15 Å². The molecule has 0 fully saturated rings. The summed E-state index contributed by atoms with van der Waals surface area (Å²) in [6, 6.07) is 13.4. The number of rotatable bonds is 5. The molecule has 1 N–H and O–H groups in total. The van der Waals surface area contributed by atoms with Crippen LogP contribution in [0.4, 0.5) is 0 Å². The van der Waals surface area contributed by atoms with Crippen LogP contribution in [0.15, 0.2) is 53.1 Å². The smallest absolute Gasteiger partial charge is 0.232 e. The largest absolute Gasteiger partial charge is 0.472 e. The van der Waals surface area contributed by atoms with E-state index in [1.165, 1.54) is 6.92 Å². The molecule has 26 heavy (non-hydrogen) atoms. The lowest BCUT2D eigenvalue weighted by molar-refractivity contribution is -0.119. The first-order valence-electron chi connectivity index (χ1n) is 8.35. The number of nitrogens with one attached hydrogen (secondary N) is 1. The molecule has 0 radical (unpaired) electrons. The van der Waals surface area contributed by atoms with Crippen molar-refractivity contribution in [3.05, 3.63) is 48.7 Å². The van der Waals surface area contributed by atoms with E-state index >= 15 is 0 Å². The Balaban J connectivity index is 1.65. The molecule has 1 atom stereocenters. The summed E-state index contributed by atoms with van der Waals surface area (Å²) in [5.41, 5.74) is 2.26. The molecule has 1 aromatic carbocycles. The minimum Gasteiger partial charge on any atom is -0.472 e. The molecule has 0 aliphatic rings. The first-order chi connectivity index (χ1) is 12.6. The lowest BCUT2D eigenvalue weighted by Gasteiger charge is -2.14. The third-order valence-electron chi connectivity index (χ3n) is 3.98. The highest BCUT2D eigenvalue weighted by atomic mass is 16.5. The molecular weight excluding hydrogens is 332 g/mol. The first-order valence-corrected chi connectivity index (χ1v) is 8.35. The number of carbonyl (C=O) groups excluding carboxylic acids is 1. The van der Waals surface area contributed by atoms with Crippen molar-refractivity contribution in [3.63, 3.8) is 0 Å². The van der Waals surface area contributed by atoms with E-state index in [2.05, 4.69) is 15.4 Å². The molecule has 4 aromatic rings. The van der Waals surface area contributed by atoms with Gasteiger partial charge in [-0.2, -0.15) is 0 Å². The SMILES string of the molecule is CC(=O)NCC(C)Oc1ccc2ncc(-c3cc4ccccc4o3)n2n1. The Bertz CT molecular complexity index is 1050. The maximum Gasteiger partial charge on any atom is 0.232 e. The topological polar surface area (TPSA) is 81.7 Å². The Labute approximate surface area is 149 Å². The van der Waals surface area contributed by atoms with Gasteiger partial charge in [-0.25, -0.2) is 9.50 Å². The Hall–Kier alpha value is -3.35. The van der Waals surface area contributed by atoms with Crippen molar-refractivity contribution in [3.8, 4) is 17.3 Å². The third-order valence-corrected chi connectivity index (χ3v) is 3.98. The maximum absolute atomic E-state index is 11.0. The summed E-state index contributed by atoms with van der Waals surface area (Å²) in [6.45, 7) is 3.76. The summed E-state index contributed by atoms with van der Waals surface area (Å²) in [4.78, 5) is 15.4. The van der Waals surface area contributed by atoms with Crippen molar-refractivity contribution in [1.29, 1.82) is 0 Å². The minimum absolute atomic E-state index is 0.0920. The Morgan fingerprint density at radius 2 is 2.15 bits per heavy atom. The molecule has 4 rings (SSSR count). The molecule has 1 unspecified atom stereocenters. The lowest BCUT2D eigenvalue weighted by Crippen LogP contribution is -2.32. The third kappa shape index (κ3) is 3.11. The summed E-state index contributed by atoms with van der Waals surface area (Å²) in [5, 5.41) is 8.25. The number of furan rings is 1. The van der Waals surface area contributed by atoms with Gasteiger partial charge in [0.2, 0.25) is 11.8 Å². The van der Waals surface area contributed by atoms with Crippen LogP contribution in [0.2, 0.25) is 0 Å². The van der Waals surface area contributed by atoms with E-state index in [1.807, 2.05) is 43.3 Å². The van der Waals surface area contributed by atoms with E-state index < -0.39 is 0 Å². The highest BCUT2D eigenvalue weighted by Gasteiger charge is 2.14. The van der Waals surface area contributed by atoms with Crippen LogP contribution in [0, 0.1) is 0 Å². The number of aromatic nitrogens is 3. The van der Waals surface area contributed by atoms with Crippen LogP contribution >= 0.6 is 0 Å². The molecule has 0 bridgehead atoms. The summed E-state index contributed by atoms with van der Waals surface area (Å²) >= 11 is 0. The van der Waals surface area contributed by atoms with Gasteiger partial charge in [0.25, 0.3) is 0 Å². The number of carbonyl (C=O) groups is 1. The molecule has 0 aliphatic carbocycles. The average Bonchev–Trinajstić information content (AvgIpc) is 3.23. The van der Waals surface area contributed by atoms with Crippen LogP contribution in [-0.2, 0) is 4.79 Å². The van der Waals surface area contributed by atoms with Gasteiger partial charge in [-0.15, -0.1) is 5.10 Å². The number of hydrogen-bond donors (Lipinski definition) is 1. The standard InChI is InChI=1S/C19H18N4O3/c1-12(10-20-13(2)24)25-19-8-7-18-21-11-15(23(18)22-19)17-9-14-5-3-4-6-16(14)26-17/h3-9,11-12H,10H2,1-2H3,(H,20,24). The van der Waals surface area contributed by atoms with Crippen molar-refractivity contribution in [2.75, 3.05) is 6.54 Å². The monoisotopic (exact) mass is 350 g/mol. The molecule has 132 valence electrons. The van der Waals surface area contributed by atoms with Gasteiger partial charge in [0.15, 0.2) is 11.4 Å². The van der Waals surface area contributed by atoms with Gasteiger partial charge in [-0.1, -0.05) is 18.2 Å². The first kappa shape index (κ1) is 16.1. The van der Waals surface area contributed by atoms with Gasteiger partial charge in [-0.3, -0.25) is 4.79 Å². The van der Waals surface area contributed by atoms with Gasteiger partial charge in [0, 0.05) is 18.4 Å². The second kappa shape index (κ2) is 6.51. The number of hydrogen-bond acceptors (Lipinski definition) is 5. The number of imidazole rings is 1. The number of fused-ring (bicyclic) bond motifs is 2. The fourth-order valence-electron chi connectivity index (χ4n) is 2.73. The predicted molar refractivity (Wildman–Crippen MR) is 97.0 cm³/mol. The van der Waals surface area contributed by atoms with E-state index in [1.54, 1.807) is 16.8 Å². The summed E-state index contributed by atoms with van der Waals surface area (Å²) < 4.78 is 13.4. The van der Waals surface area contributed by atoms with Crippen LogP contribution in [-0.4, -0.2) is 33.2 Å². The maximum atomic E-state index is 11.0. The van der Waals surface area contributed by atoms with E-state index in [0.717, 1.165) is 16.7 Å². The second-order valence-corrected chi connectivity index (χ2v) is 6.10. The van der Waals surface area contributed by atoms with E-state index in [0.29, 0.717) is 23.8 Å². The Morgan fingerprint density at radius 3 is 2.96 bits per heavy atom. The number of amides is 1. The van der Waals surface area contributed by atoms with Gasteiger partial charge in [0.05, 0.1) is 12.7 Å². The van der Waals surface area contributed by atoms with Crippen molar-refractivity contribution < 1.29 is 13.9 Å². The fraction of sp³-hybridized carbons (Fsp3) is 0.211. The molecule has 3 heterocycles. The highest BCUT2D eigenvalue weighted by molar-refractivity contribution is 5.82. The zero-order chi connectivity index (χ0) is 18.1. The van der Waals surface area contributed by atoms with Gasteiger partial charge < -0.3 is 14.5 Å². The van der Waals surface area contributed by atoms with Gasteiger partial charge >= 0.3 is 0 Å². The molecule has 0 saturated heterocycles. The predicted octanol–water partition coefficient (Wildman–Crippen LogP) is 3.05.